The molecular formula is C14H23N. The Balaban J connectivity index is 1.94. The molecule has 84 valence electrons. The Hall–Kier alpha value is -0.300. The number of piperidine rings is 1. The van der Waals surface area contributed by atoms with Gasteiger partial charge in [0.15, 0.2) is 0 Å². The van der Waals surface area contributed by atoms with Crippen molar-refractivity contribution in [2.75, 3.05) is 13.6 Å². The predicted octanol–water partition coefficient (Wildman–Crippen LogP) is 3.22. The molecule has 1 saturated carbocycles. The summed E-state index contributed by atoms with van der Waals surface area (Å²) in [4.78, 5) is 2.61. The molecule has 0 amide bonds. The van der Waals surface area contributed by atoms with E-state index in [0.29, 0.717) is 5.41 Å². The Morgan fingerprint density at radius 3 is 2.53 bits per heavy atom. The monoisotopic (exact) mass is 205 g/mol. The summed E-state index contributed by atoms with van der Waals surface area (Å²) in [7, 11) is 2.32. The zero-order valence-corrected chi connectivity index (χ0v) is 10.3. The molecule has 1 heterocycles. The van der Waals surface area contributed by atoms with Gasteiger partial charge in [-0.1, -0.05) is 11.1 Å². The van der Waals surface area contributed by atoms with Crippen LogP contribution in [0.5, 0.6) is 0 Å². The molecule has 3 rings (SSSR count). The van der Waals surface area contributed by atoms with Crippen molar-refractivity contribution in [1.29, 1.82) is 0 Å². The number of rotatable bonds is 0. The Bertz CT molecular complexity index is 317. The van der Waals surface area contributed by atoms with Crippen LogP contribution in [0.3, 0.4) is 0 Å². The average molecular weight is 205 g/mol. The second-order valence-corrected chi connectivity index (χ2v) is 6.04. The predicted molar refractivity (Wildman–Crippen MR) is 63.8 cm³/mol. The third-order valence-corrected chi connectivity index (χ3v) is 5.76. The van der Waals surface area contributed by atoms with Gasteiger partial charge in [-0.3, -0.25) is 0 Å². The van der Waals surface area contributed by atoms with Crippen LogP contribution in [0.25, 0.3) is 0 Å². The molecule has 3 aliphatic rings. The number of hydrogen-bond acceptors (Lipinski definition) is 1. The molecular weight excluding hydrogens is 182 g/mol. The van der Waals surface area contributed by atoms with Gasteiger partial charge in [-0.05, 0) is 70.9 Å². The molecule has 1 aliphatic heterocycles. The second-order valence-electron chi connectivity index (χ2n) is 6.04. The van der Waals surface area contributed by atoms with Crippen LogP contribution in [0.4, 0.5) is 0 Å². The maximum absolute atomic E-state index is 2.61. The Morgan fingerprint density at radius 1 is 1.20 bits per heavy atom. The smallest absolute Gasteiger partial charge is 0.0129 e. The molecule has 0 aromatic heterocycles. The first-order valence-electron chi connectivity index (χ1n) is 6.52. The molecule has 0 aromatic rings. The lowest BCUT2D eigenvalue weighted by Crippen LogP contribution is -2.57. The molecule has 1 saturated heterocycles. The van der Waals surface area contributed by atoms with Gasteiger partial charge in [-0.2, -0.15) is 0 Å². The van der Waals surface area contributed by atoms with E-state index in [0.717, 1.165) is 12.0 Å². The first-order valence-corrected chi connectivity index (χ1v) is 6.52. The zero-order chi connectivity index (χ0) is 10.6. The largest absolute Gasteiger partial charge is 0.303 e. The third-order valence-electron chi connectivity index (χ3n) is 5.76. The fraction of sp³-hybridized carbons (Fsp3) is 0.857. The summed E-state index contributed by atoms with van der Waals surface area (Å²) in [5, 5.41) is 0. The second kappa shape index (κ2) is 3.10. The Labute approximate surface area is 93.5 Å². The van der Waals surface area contributed by atoms with Crippen LogP contribution in [-0.4, -0.2) is 24.5 Å². The molecule has 3 atom stereocenters. The van der Waals surface area contributed by atoms with Crippen molar-refractivity contribution in [2.45, 2.75) is 52.0 Å². The summed E-state index contributed by atoms with van der Waals surface area (Å²) in [6.45, 7) is 6.10. The van der Waals surface area contributed by atoms with E-state index in [1.807, 2.05) is 0 Å². The summed E-state index contributed by atoms with van der Waals surface area (Å²) in [5.41, 5.74) is 4.11. The lowest BCUT2D eigenvalue weighted by molar-refractivity contribution is -0.0480. The van der Waals surface area contributed by atoms with E-state index in [2.05, 4.69) is 25.8 Å². The normalized spacial score (nSPS) is 45.8. The van der Waals surface area contributed by atoms with Crippen LogP contribution in [0.2, 0.25) is 0 Å². The summed E-state index contributed by atoms with van der Waals surface area (Å²) in [6, 6.07) is 0.916. The van der Waals surface area contributed by atoms with Gasteiger partial charge < -0.3 is 4.90 Å². The van der Waals surface area contributed by atoms with Gasteiger partial charge in [-0.15, -0.1) is 0 Å². The molecule has 2 fully saturated rings. The molecule has 0 bridgehead atoms. The van der Waals surface area contributed by atoms with E-state index in [1.165, 1.54) is 38.6 Å². The summed E-state index contributed by atoms with van der Waals surface area (Å²) in [6.07, 6.45) is 7.20. The molecule has 15 heavy (non-hydrogen) atoms. The lowest BCUT2D eigenvalue weighted by Gasteiger charge is -2.57. The fourth-order valence-electron chi connectivity index (χ4n) is 4.37. The van der Waals surface area contributed by atoms with Crippen LogP contribution >= 0.6 is 0 Å². The number of nitrogens with zero attached hydrogens (tertiary/aromatic N) is 1. The minimum Gasteiger partial charge on any atom is -0.303 e. The lowest BCUT2D eigenvalue weighted by atomic mass is 9.55. The SMILES string of the molecule is CC1=C(C)C2(CC1)CCN(C)[C@H]1CC[C@H]12. The van der Waals surface area contributed by atoms with E-state index in [-0.39, 0.29) is 0 Å². The molecule has 0 N–H and O–H groups in total. The zero-order valence-electron chi connectivity index (χ0n) is 10.3. The quantitative estimate of drug-likeness (QED) is 0.549. The highest BCUT2D eigenvalue weighted by Gasteiger charge is 2.54. The van der Waals surface area contributed by atoms with Gasteiger partial charge in [-0.25, -0.2) is 0 Å². The molecule has 1 unspecified atom stereocenters. The van der Waals surface area contributed by atoms with Gasteiger partial charge in [0.25, 0.3) is 0 Å². The van der Waals surface area contributed by atoms with Crippen molar-refractivity contribution in [1.82, 2.24) is 4.90 Å². The highest BCUT2D eigenvalue weighted by molar-refractivity contribution is 5.29. The maximum Gasteiger partial charge on any atom is 0.0129 e. The van der Waals surface area contributed by atoms with Crippen molar-refractivity contribution in [3.63, 3.8) is 0 Å². The minimum absolute atomic E-state index is 0.638. The van der Waals surface area contributed by atoms with Crippen molar-refractivity contribution < 1.29 is 0 Å². The maximum atomic E-state index is 2.61. The first kappa shape index (κ1) is 9.89. The van der Waals surface area contributed by atoms with E-state index < -0.39 is 0 Å². The van der Waals surface area contributed by atoms with Crippen molar-refractivity contribution in [3.05, 3.63) is 11.1 Å². The topological polar surface area (TPSA) is 3.24 Å². The summed E-state index contributed by atoms with van der Waals surface area (Å²) >= 11 is 0. The number of fused-ring (bicyclic) bond motifs is 2. The van der Waals surface area contributed by atoms with Gasteiger partial charge in [0.2, 0.25) is 0 Å². The molecule has 0 aromatic carbocycles. The minimum atomic E-state index is 0.638. The third kappa shape index (κ3) is 1.13. The Morgan fingerprint density at radius 2 is 2.00 bits per heavy atom. The molecule has 2 aliphatic carbocycles. The Kier molecular flexibility index (Phi) is 2.04. The fourth-order valence-corrected chi connectivity index (χ4v) is 4.37. The van der Waals surface area contributed by atoms with Gasteiger partial charge in [0, 0.05) is 6.04 Å². The number of allylic oxidation sites excluding steroid dienone is 2. The van der Waals surface area contributed by atoms with Crippen molar-refractivity contribution >= 4 is 0 Å². The van der Waals surface area contributed by atoms with E-state index >= 15 is 0 Å². The summed E-state index contributed by atoms with van der Waals surface area (Å²) in [5.74, 6) is 0.994. The molecule has 1 nitrogen and oxygen atoms in total. The van der Waals surface area contributed by atoms with Crippen molar-refractivity contribution in [2.24, 2.45) is 11.3 Å². The van der Waals surface area contributed by atoms with Crippen molar-refractivity contribution in [3.8, 4) is 0 Å². The molecule has 1 heteroatoms. The summed E-state index contributed by atoms with van der Waals surface area (Å²) < 4.78 is 0. The van der Waals surface area contributed by atoms with Crippen LogP contribution < -0.4 is 0 Å². The first-order chi connectivity index (χ1) is 7.15. The van der Waals surface area contributed by atoms with Gasteiger partial charge >= 0.3 is 0 Å². The van der Waals surface area contributed by atoms with Crippen LogP contribution in [0, 0.1) is 11.3 Å². The van der Waals surface area contributed by atoms with Gasteiger partial charge in [0.1, 0.15) is 0 Å². The van der Waals surface area contributed by atoms with Crippen LogP contribution in [0.15, 0.2) is 11.1 Å². The van der Waals surface area contributed by atoms with E-state index in [1.54, 1.807) is 11.1 Å². The number of hydrogen-bond donors (Lipinski definition) is 0. The molecule has 1 spiro atoms. The standard InChI is InChI=1S/C14H23N/c1-10-6-7-14(11(10)2)8-9-15(3)13-5-4-12(13)14/h12-13H,4-9H2,1-3H3/t12-,13+,14?/m1/s1. The highest BCUT2D eigenvalue weighted by Crippen LogP contribution is 2.59. The van der Waals surface area contributed by atoms with Gasteiger partial charge in [0.05, 0.1) is 0 Å². The highest BCUT2D eigenvalue weighted by atomic mass is 15.2. The van der Waals surface area contributed by atoms with E-state index in [4.69, 9.17) is 0 Å². The molecule has 0 radical (unpaired) electrons. The van der Waals surface area contributed by atoms with Crippen LogP contribution in [0.1, 0.15) is 46.0 Å². The number of likely N-dealkylation sites (tertiary alicyclic amines) is 1. The van der Waals surface area contributed by atoms with Crippen LogP contribution in [-0.2, 0) is 0 Å². The average Bonchev–Trinajstić information content (AvgIpc) is 2.41. The van der Waals surface area contributed by atoms with E-state index in [9.17, 15) is 0 Å².